The highest BCUT2D eigenvalue weighted by molar-refractivity contribution is 6.04. The van der Waals surface area contributed by atoms with Crippen LogP contribution in [0.2, 0.25) is 0 Å². The number of para-hydroxylation sites is 1. The number of nitrogens with one attached hydrogen (secondary N) is 1. The number of aromatic nitrogens is 1. The molecule has 3 aromatic rings. The lowest BCUT2D eigenvalue weighted by molar-refractivity contribution is 0.102. The van der Waals surface area contributed by atoms with Crippen molar-refractivity contribution < 1.29 is 4.79 Å². The topological polar surface area (TPSA) is 42.0 Å². The summed E-state index contributed by atoms with van der Waals surface area (Å²) in [5.74, 6) is -0.123. The first-order chi connectivity index (χ1) is 10.7. The number of amides is 1. The maximum Gasteiger partial charge on any atom is 0.255 e. The van der Waals surface area contributed by atoms with Crippen LogP contribution in [0.25, 0.3) is 10.9 Å². The summed E-state index contributed by atoms with van der Waals surface area (Å²) in [5.41, 5.74) is 3.40. The van der Waals surface area contributed by atoms with E-state index in [9.17, 15) is 4.79 Å². The second-order valence-electron chi connectivity index (χ2n) is 4.74. The number of pyridine rings is 1. The van der Waals surface area contributed by atoms with Crippen molar-refractivity contribution >= 4 is 22.5 Å². The Bertz CT molecular complexity index is 764. The Balaban J connectivity index is 0.000000847. The van der Waals surface area contributed by atoms with Gasteiger partial charge in [-0.15, -0.1) is 0 Å². The van der Waals surface area contributed by atoms with Crippen LogP contribution in [-0.4, -0.2) is 10.9 Å². The molecule has 1 N–H and O–H groups in total. The molecule has 0 aliphatic rings. The van der Waals surface area contributed by atoms with Crippen molar-refractivity contribution in [3.05, 3.63) is 71.9 Å². The Morgan fingerprint density at radius 3 is 2.41 bits per heavy atom. The Labute approximate surface area is 131 Å². The molecule has 3 heteroatoms. The quantitative estimate of drug-likeness (QED) is 0.735. The first kappa shape index (κ1) is 15.7. The number of carbonyl (C=O) groups excluding carboxylic acids is 1. The Kier molecular flexibility index (Phi) is 5.26. The van der Waals surface area contributed by atoms with Gasteiger partial charge in [0.05, 0.1) is 17.4 Å². The molecule has 0 aliphatic heterocycles. The van der Waals surface area contributed by atoms with Gasteiger partial charge >= 0.3 is 0 Å². The molecule has 22 heavy (non-hydrogen) atoms. The van der Waals surface area contributed by atoms with Crippen LogP contribution in [0, 0.1) is 6.92 Å². The minimum atomic E-state index is -0.123. The van der Waals surface area contributed by atoms with E-state index in [1.807, 2.05) is 75.4 Å². The van der Waals surface area contributed by atoms with E-state index in [4.69, 9.17) is 0 Å². The smallest absolute Gasteiger partial charge is 0.255 e. The normalized spacial score (nSPS) is 9.77. The average molecular weight is 292 g/mol. The molecule has 1 heterocycles. The number of nitrogens with zero attached hydrogens (tertiary/aromatic N) is 1. The number of aryl methyl sites for hydroxylation is 1. The fourth-order valence-corrected chi connectivity index (χ4v) is 2.05. The van der Waals surface area contributed by atoms with Crippen LogP contribution in [-0.2, 0) is 0 Å². The van der Waals surface area contributed by atoms with Crippen LogP contribution in [0.1, 0.15) is 29.8 Å². The molecule has 0 bridgehead atoms. The van der Waals surface area contributed by atoms with E-state index in [2.05, 4.69) is 10.3 Å². The molecule has 2 aromatic carbocycles. The van der Waals surface area contributed by atoms with Gasteiger partial charge in [0.1, 0.15) is 0 Å². The fraction of sp³-hybridized carbons (Fsp3) is 0.158. The van der Waals surface area contributed by atoms with Gasteiger partial charge in [-0.1, -0.05) is 49.7 Å². The van der Waals surface area contributed by atoms with E-state index >= 15 is 0 Å². The fourth-order valence-electron chi connectivity index (χ4n) is 2.05. The van der Waals surface area contributed by atoms with Gasteiger partial charge in [0.25, 0.3) is 5.91 Å². The van der Waals surface area contributed by atoms with Crippen LogP contribution in [0.4, 0.5) is 5.69 Å². The first-order valence-electron chi connectivity index (χ1n) is 7.45. The van der Waals surface area contributed by atoms with Crippen molar-refractivity contribution in [3.8, 4) is 0 Å². The van der Waals surface area contributed by atoms with Crippen molar-refractivity contribution in [3.63, 3.8) is 0 Å². The Morgan fingerprint density at radius 1 is 1.00 bits per heavy atom. The molecule has 0 fully saturated rings. The van der Waals surface area contributed by atoms with E-state index in [0.29, 0.717) is 11.3 Å². The van der Waals surface area contributed by atoms with E-state index in [1.165, 1.54) is 0 Å². The maximum absolute atomic E-state index is 12.1. The predicted molar refractivity (Wildman–Crippen MR) is 92.2 cm³/mol. The van der Waals surface area contributed by atoms with Gasteiger partial charge in [-0.05, 0) is 31.2 Å². The third kappa shape index (κ3) is 3.70. The van der Waals surface area contributed by atoms with Crippen LogP contribution in [0.15, 0.2) is 60.8 Å². The van der Waals surface area contributed by atoms with Crippen LogP contribution < -0.4 is 5.32 Å². The molecule has 0 spiro atoms. The SMILES string of the molecule is CC.Cc1ccc(C(=O)Nc2cnc3ccccc3c2)cc1. The van der Waals surface area contributed by atoms with Gasteiger partial charge in [-0.25, -0.2) is 0 Å². The average Bonchev–Trinajstić information content (AvgIpc) is 2.57. The molecule has 0 saturated carbocycles. The molecular weight excluding hydrogens is 272 g/mol. The summed E-state index contributed by atoms with van der Waals surface area (Å²) in [5, 5.41) is 3.88. The van der Waals surface area contributed by atoms with E-state index in [-0.39, 0.29) is 5.91 Å². The number of benzene rings is 2. The van der Waals surface area contributed by atoms with Crippen molar-refractivity contribution in [2.75, 3.05) is 5.32 Å². The molecule has 112 valence electrons. The second-order valence-corrected chi connectivity index (χ2v) is 4.74. The predicted octanol–water partition coefficient (Wildman–Crippen LogP) is 4.82. The number of hydrogen-bond acceptors (Lipinski definition) is 2. The number of hydrogen-bond donors (Lipinski definition) is 1. The highest BCUT2D eigenvalue weighted by Gasteiger charge is 2.06. The summed E-state index contributed by atoms with van der Waals surface area (Å²) < 4.78 is 0. The molecule has 3 nitrogen and oxygen atoms in total. The van der Waals surface area contributed by atoms with E-state index in [0.717, 1.165) is 16.5 Å². The summed E-state index contributed by atoms with van der Waals surface area (Å²) in [6.07, 6.45) is 1.68. The minimum absolute atomic E-state index is 0.123. The molecule has 0 saturated heterocycles. The molecule has 1 aromatic heterocycles. The highest BCUT2D eigenvalue weighted by Crippen LogP contribution is 2.16. The Morgan fingerprint density at radius 2 is 1.68 bits per heavy atom. The summed E-state index contributed by atoms with van der Waals surface area (Å²) in [4.78, 5) is 16.4. The van der Waals surface area contributed by atoms with E-state index in [1.54, 1.807) is 6.20 Å². The minimum Gasteiger partial charge on any atom is -0.321 e. The third-order valence-electron chi connectivity index (χ3n) is 3.16. The molecular formula is C19H20N2O. The van der Waals surface area contributed by atoms with Gasteiger partial charge in [0, 0.05) is 10.9 Å². The van der Waals surface area contributed by atoms with Gasteiger partial charge in [-0.3, -0.25) is 9.78 Å². The van der Waals surface area contributed by atoms with Crippen molar-refractivity contribution in [1.29, 1.82) is 0 Å². The summed E-state index contributed by atoms with van der Waals surface area (Å²) >= 11 is 0. The zero-order valence-electron chi connectivity index (χ0n) is 13.1. The zero-order chi connectivity index (χ0) is 15.9. The standard InChI is InChI=1S/C17H14N2O.C2H6/c1-12-6-8-13(9-7-12)17(20)19-15-10-14-4-2-3-5-16(14)18-11-15;1-2/h2-11H,1H3,(H,19,20);1-2H3. The second kappa shape index (κ2) is 7.36. The summed E-state index contributed by atoms with van der Waals surface area (Å²) in [6, 6.07) is 17.2. The molecule has 0 unspecified atom stereocenters. The monoisotopic (exact) mass is 292 g/mol. The lowest BCUT2D eigenvalue weighted by Crippen LogP contribution is -2.11. The van der Waals surface area contributed by atoms with Crippen LogP contribution in [0.3, 0.4) is 0 Å². The van der Waals surface area contributed by atoms with Crippen LogP contribution in [0.5, 0.6) is 0 Å². The first-order valence-corrected chi connectivity index (χ1v) is 7.45. The maximum atomic E-state index is 12.1. The molecule has 0 atom stereocenters. The zero-order valence-corrected chi connectivity index (χ0v) is 13.1. The number of carbonyl (C=O) groups is 1. The summed E-state index contributed by atoms with van der Waals surface area (Å²) in [7, 11) is 0. The van der Waals surface area contributed by atoms with Crippen LogP contribution >= 0.6 is 0 Å². The van der Waals surface area contributed by atoms with Crippen molar-refractivity contribution in [2.45, 2.75) is 20.8 Å². The third-order valence-corrected chi connectivity index (χ3v) is 3.16. The molecule has 3 rings (SSSR count). The van der Waals surface area contributed by atoms with Gasteiger partial charge in [0.2, 0.25) is 0 Å². The largest absolute Gasteiger partial charge is 0.321 e. The van der Waals surface area contributed by atoms with Gasteiger partial charge < -0.3 is 5.32 Å². The highest BCUT2D eigenvalue weighted by atomic mass is 16.1. The molecule has 0 aliphatic carbocycles. The number of fused-ring (bicyclic) bond motifs is 1. The van der Waals surface area contributed by atoms with E-state index < -0.39 is 0 Å². The van der Waals surface area contributed by atoms with Crippen molar-refractivity contribution in [2.24, 2.45) is 0 Å². The molecule has 1 amide bonds. The number of anilines is 1. The summed E-state index contributed by atoms with van der Waals surface area (Å²) in [6.45, 7) is 5.99. The number of rotatable bonds is 2. The molecule has 0 radical (unpaired) electrons. The Hall–Kier alpha value is -2.68. The van der Waals surface area contributed by atoms with Gasteiger partial charge in [-0.2, -0.15) is 0 Å². The van der Waals surface area contributed by atoms with Gasteiger partial charge in [0.15, 0.2) is 0 Å². The lowest BCUT2D eigenvalue weighted by atomic mass is 10.1. The van der Waals surface area contributed by atoms with Crippen molar-refractivity contribution in [1.82, 2.24) is 4.98 Å². The lowest BCUT2D eigenvalue weighted by Gasteiger charge is -2.06.